The van der Waals surface area contributed by atoms with Crippen molar-refractivity contribution in [2.75, 3.05) is 0 Å². The van der Waals surface area contributed by atoms with E-state index in [4.69, 9.17) is 5.11 Å². The molecule has 1 atom stereocenters. The van der Waals surface area contributed by atoms with Gasteiger partial charge in [0.2, 0.25) is 0 Å². The molecule has 16 heavy (non-hydrogen) atoms. The lowest BCUT2D eigenvalue weighted by Gasteiger charge is -2.13. The standard InChI is InChI=1S/C11H10BrNO2S/c1-7(10-3-2-4-16-10)13-6-8(12)5-9(13)11(14)15/h2-7H,1H3,(H,14,15). The molecule has 0 aliphatic heterocycles. The summed E-state index contributed by atoms with van der Waals surface area (Å²) in [7, 11) is 0. The Morgan fingerprint density at radius 3 is 2.94 bits per heavy atom. The molecule has 0 aromatic carbocycles. The monoisotopic (exact) mass is 299 g/mol. The van der Waals surface area contributed by atoms with E-state index in [1.165, 1.54) is 0 Å². The first-order valence-electron chi connectivity index (χ1n) is 4.73. The number of rotatable bonds is 3. The van der Waals surface area contributed by atoms with Crippen molar-refractivity contribution in [1.29, 1.82) is 0 Å². The summed E-state index contributed by atoms with van der Waals surface area (Å²) >= 11 is 4.93. The fraction of sp³-hybridized carbons (Fsp3) is 0.182. The van der Waals surface area contributed by atoms with E-state index in [9.17, 15) is 4.79 Å². The zero-order valence-corrected chi connectivity index (χ0v) is 11.0. The van der Waals surface area contributed by atoms with Crippen LogP contribution in [0, 0.1) is 0 Å². The zero-order chi connectivity index (χ0) is 11.7. The molecule has 0 aliphatic carbocycles. The number of thiophene rings is 1. The first kappa shape index (κ1) is 11.4. The molecule has 3 nitrogen and oxygen atoms in total. The Kier molecular flexibility index (Phi) is 3.16. The Morgan fingerprint density at radius 2 is 2.38 bits per heavy atom. The van der Waals surface area contributed by atoms with Crippen molar-refractivity contribution in [2.45, 2.75) is 13.0 Å². The zero-order valence-electron chi connectivity index (χ0n) is 8.55. The molecule has 0 bridgehead atoms. The van der Waals surface area contributed by atoms with E-state index in [-0.39, 0.29) is 6.04 Å². The Labute approximate surface area is 105 Å². The summed E-state index contributed by atoms with van der Waals surface area (Å²) in [4.78, 5) is 12.2. The highest BCUT2D eigenvalue weighted by molar-refractivity contribution is 9.10. The second-order valence-corrected chi connectivity index (χ2v) is 5.34. The second kappa shape index (κ2) is 4.43. The maximum absolute atomic E-state index is 11.1. The number of aromatic nitrogens is 1. The van der Waals surface area contributed by atoms with Crippen LogP contribution in [-0.4, -0.2) is 15.6 Å². The number of carboxylic acid groups (broad SMARTS) is 1. The molecule has 0 saturated carbocycles. The van der Waals surface area contributed by atoms with E-state index in [1.807, 2.05) is 24.4 Å². The van der Waals surface area contributed by atoms with Gasteiger partial charge in [0, 0.05) is 15.5 Å². The minimum Gasteiger partial charge on any atom is -0.477 e. The lowest BCUT2D eigenvalue weighted by Crippen LogP contribution is -2.11. The normalized spacial score (nSPS) is 12.6. The molecule has 0 saturated heterocycles. The molecule has 0 spiro atoms. The average molecular weight is 300 g/mol. The number of carbonyl (C=O) groups is 1. The number of carboxylic acids is 1. The van der Waals surface area contributed by atoms with Gasteiger partial charge in [0.1, 0.15) is 5.69 Å². The van der Waals surface area contributed by atoms with Gasteiger partial charge in [-0.2, -0.15) is 0 Å². The van der Waals surface area contributed by atoms with Crippen molar-refractivity contribution < 1.29 is 9.90 Å². The highest BCUT2D eigenvalue weighted by Crippen LogP contribution is 2.27. The summed E-state index contributed by atoms with van der Waals surface area (Å²) in [6.45, 7) is 1.99. The summed E-state index contributed by atoms with van der Waals surface area (Å²) < 4.78 is 2.55. The maximum Gasteiger partial charge on any atom is 0.352 e. The first-order valence-corrected chi connectivity index (χ1v) is 6.41. The van der Waals surface area contributed by atoms with Crippen LogP contribution < -0.4 is 0 Å². The molecule has 0 radical (unpaired) electrons. The molecule has 84 valence electrons. The molecule has 2 aromatic rings. The quantitative estimate of drug-likeness (QED) is 0.940. The van der Waals surface area contributed by atoms with Crippen LogP contribution in [0.15, 0.2) is 34.2 Å². The van der Waals surface area contributed by atoms with Gasteiger partial charge in [-0.25, -0.2) is 4.79 Å². The summed E-state index contributed by atoms with van der Waals surface area (Å²) in [5, 5.41) is 11.1. The van der Waals surface area contributed by atoms with Gasteiger partial charge in [0.15, 0.2) is 0 Å². The maximum atomic E-state index is 11.1. The third-order valence-corrected chi connectivity index (χ3v) is 3.88. The molecule has 1 unspecified atom stereocenters. The summed E-state index contributed by atoms with van der Waals surface area (Å²) in [5.74, 6) is -0.908. The fourth-order valence-corrected chi connectivity index (χ4v) is 2.82. The third-order valence-electron chi connectivity index (χ3n) is 2.41. The van der Waals surface area contributed by atoms with E-state index >= 15 is 0 Å². The largest absolute Gasteiger partial charge is 0.477 e. The minimum absolute atomic E-state index is 0.0393. The molecule has 0 fully saturated rings. The number of halogens is 1. The molecule has 0 aliphatic rings. The van der Waals surface area contributed by atoms with E-state index < -0.39 is 5.97 Å². The van der Waals surface area contributed by atoms with Crippen LogP contribution in [0.5, 0.6) is 0 Å². The van der Waals surface area contributed by atoms with E-state index in [0.717, 1.165) is 9.35 Å². The van der Waals surface area contributed by atoms with Crippen LogP contribution >= 0.6 is 27.3 Å². The van der Waals surface area contributed by atoms with Crippen molar-refractivity contribution in [3.8, 4) is 0 Å². The number of nitrogens with zero attached hydrogens (tertiary/aromatic N) is 1. The fourth-order valence-electron chi connectivity index (χ4n) is 1.60. The topological polar surface area (TPSA) is 42.2 Å². The Morgan fingerprint density at radius 1 is 1.62 bits per heavy atom. The van der Waals surface area contributed by atoms with Gasteiger partial charge in [-0.1, -0.05) is 6.07 Å². The highest BCUT2D eigenvalue weighted by atomic mass is 79.9. The molecule has 0 amide bonds. The molecule has 2 heterocycles. The van der Waals surface area contributed by atoms with Crippen LogP contribution in [0.3, 0.4) is 0 Å². The van der Waals surface area contributed by atoms with Gasteiger partial charge in [0.05, 0.1) is 6.04 Å². The smallest absolute Gasteiger partial charge is 0.352 e. The molecular formula is C11H10BrNO2S. The molecular weight excluding hydrogens is 290 g/mol. The van der Waals surface area contributed by atoms with Gasteiger partial charge < -0.3 is 9.67 Å². The average Bonchev–Trinajstić information content (AvgIpc) is 2.84. The molecule has 5 heteroatoms. The predicted octanol–water partition coefficient (Wildman–Crippen LogP) is 3.62. The number of hydrogen-bond donors (Lipinski definition) is 1. The van der Waals surface area contributed by atoms with Crippen LogP contribution in [0.25, 0.3) is 0 Å². The Balaban J connectivity index is 2.43. The van der Waals surface area contributed by atoms with Crippen molar-refractivity contribution in [3.63, 3.8) is 0 Å². The lowest BCUT2D eigenvalue weighted by molar-refractivity contribution is 0.0684. The van der Waals surface area contributed by atoms with Gasteiger partial charge in [-0.05, 0) is 40.4 Å². The molecule has 1 N–H and O–H groups in total. The summed E-state index contributed by atoms with van der Waals surface area (Å²) in [6, 6.07) is 5.63. The third kappa shape index (κ3) is 2.05. The second-order valence-electron chi connectivity index (χ2n) is 3.45. The Bertz CT molecular complexity index is 504. The van der Waals surface area contributed by atoms with Crippen LogP contribution in [0.2, 0.25) is 0 Å². The van der Waals surface area contributed by atoms with Crippen molar-refractivity contribution in [1.82, 2.24) is 4.57 Å². The van der Waals surface area contributed by atoms with Gasteiger partial charge in [-0.15, -0.1) is 11.3 Å². The minimum atomic E-state index is -0.908. The number of hydrogen-bond acceptors (Lipinski definition) is 2. The van der Waals surface area contributed by atoms with Gasteiger partial charge in [-0.3, -0.25) is 0 Å². The van der Waals surface area contributed by atoms with E-state index in [2.05, 4.69) is 15.9 Å². The summed E-state index contributed by atoms with van der Waals surface area (Å²) in [6.07, 6.45) is 1.80. The predicted molar refractivity (Wildman–Crippen MR) is 67.2 cm³/mol. The lowest BCUT2D eigenvalue weighted by atomic mass is 10.2. The van der Waals surface area contributed by atoms with Crippen molar-refractivity contribution in [3.05, 3.63) is 44.8 Å². The van der Waals surface area contributed by atoms with E-state index in [1.54, 1.807) is 28.2 Å². The van der Waals surface area contributed by atoms with Crippen molar-refractivity contribution in [2.24, 2.45) is 0 Å². The van der Waals surface area contributed by atoms with Gasteiger partial charge in [0.25, 0.3) is 0 Å². The van der Waals surface area contributed by atoms with Crippen LogP contribution in [0.4, 0.5) is 0 Å². The number of aromatic carboxylic acids is 1. The Hall–Kier alpha value is -1.07. The SMILES string of the molecule is CC(c1cccs1)n1cc(Br)cc1C(=O)O. The summed E-state index contributed by atoms with van der Waals surface area (Å²) in [5.41, 5.74) is 0.299. The molecule has 2 rings (SSSR count). The van der Waals surface area contributed by atoms with Gasteiger partial charge >= 0.3 is 5.97 Å². The van der Waals surface area contributed by atoms with Crippen molar-refractivity contribution >= 4 is 33.2 Å². The van der Waals surface area contributed by atoms with E-state index in [0.29, 0.717) is 5.69 Å². The van der Waals surface area contributed by atoms with Crippen LogP contribution in [-0.2, 0) is 0 Å². The highest BCUT2D eigenvalue weighted by Gasteiger charge is 2.17. The van der Waals surface area contributed by atoms with Crippen LogP contribution in [0.1, 0.15) is 28.3 Å². The first-order chi connectivity index (χ1) is 7.59. The molecule has 2 aromatic heterocycles.